The molecule has 1 saturated carbocycles. The van der Waals surface area contributed by atoms with Crippen LogP contribution in [0.1, 0.15) is 30.1 Å². The zero-order valence-corrected chi connectivity index (χ0v) is 10.7. The summed E-state index contributed by atoms with van der Waals surface area (Å²) in [5.41, 5.74) is 6.57. The Kier molecular flexibility index (Phi) is 3.31. The van der Waals surface area contributed by atoms with E-state index in [1.54, 1.807) is 0 Å². The Balaban J connectivity index is 1.76. The second-order valence-electron chi connectivity index (χ2n) is 4.80. The van der Waals surface area contributed by atoms with Crippen molar-refractivity contribution in [2.24, 2.45) is 5.73 Å². The third-order valence-corrected chi connectivity index (χ3v) is 3.46. The van der Waals surface area contributed by atoms with Crippen LogP contribution in [0.2, 0.25) is 0 Å². The summed E-state index contributed by atoms with van der Waals surface area (Å²) < 4.78 is 10.5. The molecule has 0 radical (unpaired) electrons. The van der Waals surface area contributed by atoms with Gasteiger partial charge in [-0.3, -0.25) is 0 Å². The van der Waals surface area contributed by atoms with Crippen molar-refractivity contribution in [1.82, 2.24) is 10.1 Å². The van der Waals surface area contributed by atoms with E-state index in [1.165, 1.54) is 5.56 Å². The average molecular weight is 259 g/mol. The number of benzene rings is 1. The third kappa shape index (κ3) is 2.39. The Morgan fingerprint density at radius 2 is 2.05 bits per heavy atom. The van der Waals surface area contributed by atoms with Gasteiger partial charge in [-0.05, 0) is 18.4 Å². The van der Waals surface area contributed by atoms with Crippen LogP contribution in [0.5, 0.6) is 0 Å². The van der Waals surface area contributed by atoms with E-state index in [4.69, 9.17) is 15.0 Å². The van der Waals surface area contributed by atoms with Gasteiger partial charge in [-0.2, -0.15) is 4.98 Å². The van der Waals surface area contributed by atoms with Crippen molar-refractivity contribution in [3.63, 3.8) is 0 Å². The minimum atomic E-state index is -0.0448. The van der Waals surface area contributed by atoms with Gasteiger partial charge >= 0.3 is 0 Å². The van der Waals surface area contributed by atoms with Crippen molar-refractivity contribution in [2.75, 3.05) is 13.2 Å². The van der Waals surface area contributed by atoms with Crippen LogP contribution in [0, 0.1) is 0 Å². The van der Waals surface area contributed by atoms with E-state index in [0.29, 0.717) is 25.6 Å². The summed E-state index contributed by atoms with van der Waals surface area (Å²) in [5.74, 6) is 1.29. The third-order valence-electron chi connectivity index (χ3n) is 3.46. The Bertz CT molecular complexity index is 535. The minimum Gasteiger partial charge on any atom is -0.370 e. The van der Waals surface area contributed by atoms with E-state index in [0.717, 1.165) is 18.7 Å². The molecule has 0 atom stereocenters. The second-order valence-corrected chi connectivity index (χ2v) is 4.80. The van der Waals surface area contributed by atoms with Gasteiger partial charge in [-0.15, -0.1) is 0 Å². The fourth-order valence-corrected chi connectivity index (χ4v) is 2.27. The van der Waals surface area contributed by atoms with E-state index in [-0.39, 0.29) is 5.41 Å². The highest BCUT2D eigenvalue weighted by atomic mass is 16.5. The van der Waals surface area contributed by atoms with Crippen molar-refractivity contribution in [2.45, 2.75) is 24.9 Å². The summed E-state index contributed by atoms with van der Waals surface area (Å²) >= 11 is 0. The maximum Gasteiger partial charge on any atom is 0.252 e. The lowest BCUT2D eigenvalue weighted by Gasteiger charge is -2.09. The van der Waals surface area contributed by atoms with Gasteiger partial charge in [0, 0.05) is 6.54 Å². The fraction of sp³-hybridized carbons (Fsp3) is 0.429. The van der Waals surface area contributed by atoms with Crippen LogP contribution in [-0.4, -0.2) is 23.3 Å². The number of nitrogens with zero attached hydrogens (tertiary/aromatic N) is 2. The van der Waals surface area contributed by atoms with Crippen molar-refractivity contribution in [3.05, 3.63) is 47.6 Å². The van der Waals surface area contributed by atoms with Crippen LogP contribution < -0.4 is 5.73 Å². The molecule has 0 bridgehead atoms. The first-order valence-corrected chi connectivity index (χ1v) is 6.51. The zero-order chi connectivity index (χ0) is 13.1. The molecule has 2 aromatic rings. The number of ether oxygens (including phenoxy) is 1. The number of nitrogens with two attached hydrogens (primary N) is 1. The Hall–Kier alpha value is -1.72. The standard InChI is InChI=1S/C14H17N3O2/c15-8-9-18-10-12-16-13(17-19-12)14(6-7-14)11-4-2-1-3-5-11/h1-5H,6-10,15H2. The highest BCUT2D eigenvalue weighted by Gasteiger charge is 2.49. The van der Waals surface area contributed by atoms with Crippen molar-refractivity contribution >= 4 is 0 Å². The number of aromatic nitrogens is 2. The molecular weight excluding hydrogens is 242 g/mol. The van der Waals surface area contributed by atoms with E-state index in [9.17, 15) is 0 Å². The number of hydrogen-bond donors (Lipinski definition) is 1. The minimum absolute atomic E-state index is 0.0448. The molecule has 0 unspecified atom stereocenters. The zero-order valence-electron chi connectivity index (χ0n) is 10.7. The molecule has 1 aromatic carbocycles. The average Bonchev–Trinajstić information content (AvgIpc) is 3.14. The molecule has 1 aliphatic rings. The molecule has 19 heavy (non-hydrogen) atoms. The van der Waals surface area contributed by atoms with E-state index in [1.807, 2.05) is 18.2 Å². The van der Waals surface area contributed by atoms with Gasteiger partial charge in [-0.1, -0.05) is 35.5 Å². The first-order chi connectivity index (χ1) is 9.35. The SMILES string of the molecule is NCCOCc1nc(C2(c3ccccc3)CC2)no1. The van der Waals surface area contributed by atoms with E-state index in [2.05, 4.69) is 22.3 Å². The molecule has 2 N–H and O–H groups in total. The summed E-state index contributed by atoms with van der Waals surface area (Å²) in [5, 5.41) is 4.11. The van der Waals surface area contributed by atoms with E-state index < -0.39 is 0 Å². The number of hydrogen-bond acceptors (Lipinski definition) is 5. The first kappa shape index (κ1) is 12.3. The topological polar surface area (TPSA) is 74.2 Å². The van der Waals surface area contributed by atoms with E-state index >= 15 is 0 Å². The van der Waals surface area contributed by atoms with Gasteiger partial charge in [0.15, 0.2) is 5.82 Å². The van der Waals surface area contributed by atoms with Crippen molar-refractivity contribution in [1.29, 1.82) is 0 Å². The molecule has 0 aliphatic heterocycles. The summed E-state index contributed by atoms with van der Waals surface area (Å²) in [7, 11) is 0. The molecule has 0 spiro atoms. The fourth-order valence-electron chi connectivity index (χ4n) is 2.27. The maximum absolute atomic E-state index is 5.36. The lowest BCUT2D eigenvalue weighted by atomic mass is 9.95. The summed E-state index contributed by atoms with van der Waals surface area (Å²) in [4.78, 5) is 4.45. The summed E-state index contributed by atoms with van der Waals surface area (Å²) in [6.07, 6.45) is 2.14. The van der Waals surface area contributed by atoms with Gasteiger partial charge in [0.1, 0.15) is 6.61 Å². The van der Waals surface area contributed by atoms with Crippen LogP contribution in [0.4, 0.5) is 0 Å². The van der Waals surface area contributed by atoms with Crippen LogP contribution in [0.25, 0.3) is 0 Å². The Morgan fingerprint density at radius 1 is 1.26 bits per heavy atom. The molecule has 0 amide bonds. The largest absolute Gasteiger partial charge is 0.370 e. The van der Waals surface area contributed by atoms with Gasteiger partial charge in [0.05, 0.1) is 12.0 Å². The van der Waals surface area contributed by atoms with Gasteiger partial charge < -0.3 is 15.0 Å². The van der Waals surface area contributed by atoms with Crippen LogP contribution in [-0.2, 0) is 16.8 Å². The van der Waals surface area contributed by atoms with Gasteiger partial charge in [0.25, 0.3) is 5.89 Å². The lowest BCUT2D eigenvalue weighted by molar-refractivity contribution is 0.104. The normalized spacial score (nSPS) is 16.5. The van der Waals surface area contributed by atoms with Gasteiger partial charge in [-0.25, -0.2) is 0 Å². The molecule has 1 heterocycles. The van der Waals surface area contributed by atoms with Crippen molar-refractivity contribution in [3.8, 4) is 0 Å². The van der Waals surface area contributed by atoms with Crippen LogP contribution in [0.3, 0.4) is 0 Å². The predicted octanol–water partition coefficient (Wildman–Crippen LogP) is 1.62. The van der Waals surface area contributed by atoms with Crippen molar-refractivity contribution < 1.29 is 9.26 Å². The predicted molar refractivity (Wildman–Crippen MR) is 69.5 cm³/mol. The highest BCUT2D eigenvalue weighted by molar-refractivity contribution is 5.38. The Labute approximate surface area is 111 Å². The molecule has 0 saturated heterocycles. The molecule has 5 heteroatoms. The van der Waals surface area contributed by atoms with Crippen LogP contribution >= 0.6 is 0 Å². The quantitative estimate of drug-likeness (QED) is 0.798. The molecule has 3 rings (SSSR count). The first-order valence-electron chi connectivity index (χ1n) is 6.51. The summed E-state index contributed by atoms with van der Waals surface area (Å²) in [6.45, 7) is 1.32. The monoisotopic (exact) mass is 259 g/mol. The Morgan fingerprint density at radius 3 is 2.74 bits per heavy atom. The summed E-state index contributed by atoms with van der Waals surface area (Å²) in [6, 6.07) is 10.3. The molecule has 1 fully saturated rings. The maximum atomic E-state index is 5.36. The molecule has 1 aromatic heterocycles. The molecule has 5 nitrogen and oxygen atoms in total. The van der Waals surface area contributed by atoms with Gasteiger partial charge in [0.2, 0.25) is 0 Å². The number of rotatable bonds is 6. The lowest BCUT2D eigenvalue weighted by Crippen LogP contribution is -2.11. The van der Waals surface area contributed by atoms with Crippen LogP contribution in [0.15, 0.2) is 34.9 Å². The second kappa shape index (κ2) is 5.11. The highest BCUT2D eigenvalue weighted by Crippen LogP contribution is 2.52. The molecule has 1 aliphatic carbocycles. The molecule has 100 valence electrons. The molecular formula is C14H17N3O2. The smallest absolute Gasteiger partial charge is 0.252 e.